The number of aliphatic carboxylic acids is 2. The van der Waals surface area contributed by atoms with Crippen LogP contribution in [-0.4, -0.2) is 87.4 Å². The van der Waals surface area contributed by atoms with Crippen LogP contribution in [0.25, 0.3) is 0 Å². The molecule has 10 heteroatoms. The van der Waals surface area contributed by atoms with Crippen LogP contribution in [-0.2, 0) is 19.8 Å². The predicted octanol–water partition coefficient (Wildman–Crippen LogP) is 3.01. The standard InChI is InChI=1S/C24H32N4OS.C4H4O4/c1-24(2,20-8-4-3-5-9-20)10-12-27-13-15-28(16-14-27)23(29)21-18-30-22(26-21)19-7-6-11-25-17-19;5-3(6)1-2-4(7)8/h3-9,11,17,21-22,26H,10,12-16,18H2,1-2H3;1-2H,(H,5,6)(H,7,8)/b;2-1+/t21-,22?;/m0./s1. The van der Waals surface area contributed by atoms with Gasteiger partial charge in [0.25, 0.3) is 0 Å². The number of rotatable bonds is 8. The molecule has 2 aliphatic rings. The molecule has 2 saturated heterocycles. The fourth-order valence-corrected chi connectivity index (χ4v) is 5.58. The van der Waals surface area contributed by atoms with Gasteiger partial charge in [-0.05, 0) is 35.6 Å². The van der Waals surface area contributed by atoms with Gasteiger partial charge in [-0.3, -0.25) is 20.0 Å². The van der Waals surface area contributed by atoms with E-state index in [-0.39, 0.29) is 22.7 Å². The molecule has 9 nitrogen and oxygen atoms in total. The second-order valence-electron chi connectivity index (χ2n) is 9.90. The summed E-state index contributed by atoms with van der Waals surface area (Å²) in [6.45, 7) is 9.29. The van der Waals surface area contributed by atoms with Gasteiger partial charge in [-0.15, -0.1) is 11.8 Å². The van der Waals surface area contributed by atoms with Gasteiger partial charge in [0.15, 0.2) is 0 Å². The maximum Gasteiger partial charge on any atom is 0.328 e. The smallest absolute Gasteiger partial charge is 0.328 e. The van der Waals surface area contributed by atoms with Crippen LogP contribution in [0.3, 0.4) is 0 Å². The van der Waals surface area contributed by atoms with E-state index in [1.54, 1.807) is 18.0 Å². The van der Waals surface area contributed by atoms with E-state index in [0.717, 1.165) is 50.5 Å². The topological polar surface area (TPSA) is 123 Å². The first-order chi connectivity index (χ1) is 18.2. The number of amides is 1. The van der Waals surface area contributed by atoms with Gasteiger partial charge in [-0.1, -0.05) is 50.2 Å². The Morgan fingerprint density at radius 1 is 1.03 bits per heavy atom. The summed E-state index contributed by atoms with van der Waals surface area (Å²) in [7, 11) is 0. The zero-order valence-corrected chi connectivity index (χ0v) is 22.6. The van der Waals surface area contributed by atoms with Crippen LogP contribution >= 0.6 is 11.8 Å². The number of aromatic nitrogens is 1. The van der Waals surface area contributed by atoms with Gasteiger partial charge in [0.2, 0.25) is 5.91 Å². The molecule has 2 atom stereocenters. The highest BCUT2D eigenvalue weighted by molar-refractivity contribution is 7.99. The van der Waals surface area contributed by atoms with Gasteiger partial charge in [-0.25, -0.2) is 9.59 Å². The first-order valence-corrected chi connectivity index (χ1v) is 13.7. The summed E-state index contributed by atoms with van der Waals surface area (Å²) in [6, 6.07) is 14.7. The molecule has 1 amide bonds. The summed E-state index contributed by atoms with van der Waals surface area (Å²) in [4.78, 5) is 40.9. The van der Waals surface area contributed by atoms with Crippen molar-refractivity contribution in [1.29, 1.82) is 0 Å². The van der Waals surface area contributed by atoms with Crippen LogP contribution in [0.4, 0.5) is 0 Å². The maximum atomic E-state index is 13.0. The van der Waals surface area contributed by atoms with Crippen LogP contribution in [0.1, 0.15) is 36.8 Å². The van der Waals surface area contributed by atoms with Crippen molar-refractivity contribution in [2.75, 3.05) is 38.5 Å². The number of thioether (sulfide) groups is 1. The van der Waals surface area contributed by atoms with Crippen LogP contribution in [0, 0.1) is 0 Å². The normalized spacial score (nSPS) is 20.1. The van der Waals surface area contributed by atoms with Gasteiger partial charge in [0.1, 0.15) is 0 Å². The van der Waals surface area contributed by atoms with E-state index in [2.05, 4.69) is 65.4 Å². The molecule has 0 bridgehead atoms. The highest BCUT2D eigenvalue weighted by Crippen LogP contribution is 2.33. The van der Waals surface area contributed by atoms with Crippen molar-refractivity contribution in [2.45, 2.75) is 37.1 Å². The Morgan fingerprint density at radius 2 is 1.68 bits per heavy atom. The third kappa shape index (κ3) is 8.97. The third-order valence-corrected chi connectivity index (χ3v) is 8.00. The number of benzene rings is 1. The summed E-state index contributed by atoms with van der Waals surface area (Å²) in [6.07, 6.45) is 5.91. The Balaban J connectivity index is 0.000000436. The summed E-state index contributed by atoms with van der Waals surface area (Å²) in [5, 5.41) is 19.3. The Kier molecular flexibility index (Phi) is 10.9. The minimum Gasteiger partial charge on any atom is -0.478 e. The molecule has 4 rings (SSSR count). The second-order valence-corrected chi connectivity index (χ2v) is 11.0. The number of pyridine rings is 1. The first kappa shape index (κ1) is 29.3. The maximum absolute atomic E-state index is 13.0. The Labute approximate surface area is 227 Å². The molecule has 2 aliphatic heterocycles. The fraction of sp³-hybridized carbons (Fsp3) is 0.429. The largest absolute Gasteiger partial charge is 0.478 e. The number of piperazine rings is 1. The van der Waals surface area contributed by atoms with E-state index < -0.39 is 11.9 Å². The van der Waals surface area contributed by atoms with E-state index in [1.165, 1.54) is 5.56 Å². The van der Waals surface area contributed by atoms with E-state index in [0.29, 0.717) is 12.2 Å². The van der Waals surface area contributed by atoms with E-state index >= 15 is 0 Å². The zero-order chi connectivity index (χ0) is 27.5. The van der Waals surface area contributed by atoms with Crippen LogP contribution in [0.5, 0.6) is 0 Å². The quantitative estimate of drug-likeness (QED) is 0.434. The third-order valence-electron chi connectivity index (χ3n) is 6.73. The first-order valence-electron chi connectivity index (χ1n) is 12.6. The van der Waals surface area contributed by atoms with E-state index in [9.17, 15) is 14.4 Å². The van der Waals surface area contributed by atoms with Crippen molar-refractivity contribution in [3.05, 3.63) is 78.1 Å². The molecule has 3 heterocycles. The molecule has 0 aliphatic carbocycles. The molecule has 1 aromatic carbocycles. The second kappa shape index (κ2) is 14.1. The number of hydrogen-bond donors (Lipinski definition) is 3. The lowest BCUT2D eigenvalue weighted by atomic mass is 9.81. The lowest BCUT2D eigenvalue weighted by molar-refractivity contribution is -0.134. The van der Waals surface area contributed by atoms with Crippen molar-refractivity contribution in [3.8, 4) is 0 Å². The highest BCUT2D eigenvalue weighted by atomic mass is 32.2. The molecule has 204 valence electrons. The molecule has 0 saturated carbocycles. The SMILES string of the molecule is CC(C)(CCN1CCN(C(=O)[C@@H]2CSC(c3cccnc3)N2)CC1)c1ccccc1.O=C(O)/C=C/C(=O)O. The number of carbonyl (C=O) groups excluding carboxylic acids is 1. The molecule has 1 aromatic heterocycles. The van der Waals surface area contributed by atoms with E-state index in [4.69, 9.17) is 10.2 Å². The number of hydrogen-bond acceptors (Lipinski definition) is 7. The number of carboxylic acid groups (broad SMARTS) is 2. The molecular formula is C28H36N4O5S. The molecule has 2 fully saturated rings. The zero-order valence-electron chi connectivity index (χ0n) is 21.8. The average Bonchev–Trinajstić information content (AvgIpc) is 3.43. The minimum atomic E-state index is -1.26. The molecular weight excluding hydrogens is 504 g/mol. The minimum absolute atomic E-state index is 0.0937. The van der Waals surface area contributed by atoms with Gasteiger partial charge in [0.05, 0.1) is 11.4 Å². The van der Waals surface area contributed by atoms with Crippen molar-refractivity contribution in [3.63, 3.8) is 0 Å². The lowest BCUT2D eigenvalue weighted by Crippen LogP contribution is -2.54. The highest BCUT2D eigenvalue weighted by Gasteiger charge is 2.34. The van der Waals surface area contributed by atoms with Crippen LogP contribution in [0.15, 0.2) is 67.0 Å². The fourth-order valence-electron chi connectivity index (χ4n) is 4.36. The molecule has 0 radical (unpaired) electrons. The van der Waals surface area contributed by atoms with E-state index in [1.807, 2.05) is 17.2 Å². The molecule has 0 spiro atoms. The lowest BCUT2D eigenvalue weighted by Gasteiger charge is -2.37. The monoisotopic (exact) mass is 540 g/mol. The summed E-state index contributed by atoms with van der Waals surface area (Å²) >= 11 is 1.80. The van der Waals surface area contributed by atoms with Gasteiger partial charge < -0.3 is 15.1 Å². The summed E-state index contributed by atoms with van der Waals surface area (Å²) in [5.41, 5.74) is 2.70. The predicted molar refractivity (Wildman–Crippen MR) is 148 cm³/mol. The number of nitrogens with zero attached hydrogens (tertiary/aromatic N) is 3. The van der Waals surface area contributed by atoms with Crippen molar-refractivity contribution >= 4 is 29.6 Å². The molecule has 38 heavy (non-hydrogen) atoms. The summed E-state index contributed by atoms with van der Waals surface area (Å²) in [5.74, 6) is -1.44. The van der Waals surface area contributed by atoms with Crippen molar-refractivity contribution in [1.82, 2.24) is 20.1 Å². The van der Waals surface area contributed by atoms with Gasteiger partial charge in [-0.2, -0.15) is 0 Å². The Bertz CT molecular complexity index is 1070. The molecule has 2 aromatic rings. The van der Waals surface area contributed by atoms with Crippen LogP contribution < -0.4 is 5.32 Å². The van der Waals surface area contributed by atoms with Crippen molar-refractivity contribution < 1.29 is 24.6 Å². The number of carbonyl (C=O) groups is 3. The van der Waals surface area contributed by atoms with Crippen molar-refractivity contribution in [2.24, 2.45) is 0 Å². The summed E-state index contributed by atoms with van der Waals surface area (Å²) < 4.78 is 0. The Morgan fingerprint density at radius 3 is 2.26 bits per heavy atom. The molecule has 3 N–H and O–H groups in total. The average molecular weight is 541 g/mol. The number of nitrogens with one attached hydrogen (secondary N) is 1. The molecule has 1 unspecified atom stereocenters. The van der Waals surface area contributed by atoms with Gasteiger partial charge in [0, 0.05) is 56.5 Å². The number of carboxylic acids is 2. The van der Waals surface area contributed by atoms with Crippen LogP contribution in [0.2, 0.25) is 0 Å². The Hall–Kier alpha value is -3.21. The van der Waals surface area contributed by atoms with Gasteiger partial charge >= 0.3 is 11.9 Å².